The molecule has 2 aromatic rings. The molecule has 0 amide bonds. The Morgan fingerprint density at radius 2 is 1.77 bits per heavy atom. The molecular weight excluding hydrogens is 398 g/mol. The fourth-order valence-corrected chi connectivity index (χ4v) is 5.57. The van der Waals surface area contributed by atoms with Crippen LogP contribution in [0.15, 0.2) is 52.3 Å². The summed E-state index contributed by atoms with van der Waals surface area (Å²) in [4.78, 5) is 12.8. The molecule has 0 radical (unpaired) electrons. The Morgan fingerprint density at radius 1 is 1.10 bits per heavy atom. The summed E-state index contributed by atoms with van der Waals surface area (Å²) in [6.07, 6.45) is 6.35. The second-order valence-corrected chi connectivity index (χ2v) is 10.1. The van der Waals surface area contributed by atoms with Crippen molar-refractivity contribution in [2.45, 2.75) is 74.1 Å². The molecule has 0 saturated heterocycles. The number of esters is 1. The Bertz CT molecular complexity index is 975. The molecular formula is C24H31NO4S. The van der Waals surface area contributed by atoms with Gasteiger partial charge in [-0.15, -0.1) is 0 Å². The second kappa shape index (κ2) is 9.75. The fraction of sp³-hybridized carbons (Fsp3) is 0.458. The van der Waals surface area contributed by atoms with Crippen LogP contribution in [0.1, 0.15) is 73.4 Å². The number of rotatable bonds is 7. The van der Waals surface area contributed by atoms with E-state index < -0.39 is 15.8 Å². The van der Waals surface area contributed by atoms with Gasteiger partial charge in [-0.25, -0.2) is 13.2 Å². The van der Waals surface area contributed by atoms with E-state index in [1.54, 1.807) is 43.3 Å². The third kappa shape index (κ3) is 5.10. The molecule has 30 heavy (non-hydrogen) atoms. The van der Waals surface area contributed by atoms with Crippen molar-refractivity contribution in [3.63, 3.8) is 0 Å². The van der Waals surface area contributed by atoms with Crippen molar-refractivity contribution < 1.29 is 17.9 Å². The monoisotopic (exact) mass is 429 g/mol. The van der Waals surface area contributed by atoms with Crippen molar-refractivity contribution in [1.29, 1.82) is 0 Å². The van der Waals surface area contributed by atoms with E-state index in [1.165, 1.54) is 6.42 Å². The SMILES string of the molecule is CCOC(=O)c1cc(C2CCCCC2)ccc1S(=O)(=O)c1ccc(C[C@@H](C)N)cc1. The van der Waals surface area contributed by atoms with E-state index in [-0.39, 0.29) is 28.0 Å². The van der Waals surface area contributed by atoms with Crippen LogP contribution in [-0.2, 0) is 21.0 Å². The third-order valence-corrected chi connectivity index (χ3v) is 7.48. The fourth-order valence-electron chi connectivity index (χ4n) is 4.14. The van der Waals surface area contributed by atoms with Gasteiger partial charge in [0.2, 0.25) is 9.84 Å². The van der Waals surface area contributed by atoms with E-state index in [0.29, 0.717) is 12.3 Å². The summed E-state index contributed by atoms with van der Waals surface area (Å²) in [7, 11) is -3.86. The Balaban J connectivity index is 2.00. The van der Waals surface area contributed by atoms with Crippen molar-refractivity contribution in [3.8, 4) is 0 Å². The lowest BCUT2D eigenvalue weighted by Gasteiger charge is -2.23. The summed E-state index contributed by atoms with van der Waals surface area (Å²) in [6, 6.07) is 11.9. The van der Waals surface area contributed by atoms with E-state index in [1.807, 2.05) is 13.0 Å². The summed E-state index contributed by atoms with van der Waals surface area (Å²) in [5, 5.41) is 0. The molecule has 1 aliphatic rings. The Morgan fingerprint density at radius 3 is 2.37 bits per heavy atom. The zero-order valence-corrected chi connectivity index (χ0v) is 18.6. The standard InChI is InChI=1S/C24H31NO4S/c1-3-29-24(26)22-16-20(19-7-5-4-6-8-19)11-14-23(22)30(27,28)21-12-9-18(10-13-21)15-17(2)25/h9-14,16-17,19H,3-8,15,25H2,1-2H3/t17-/m1/s1. The molecule has 6 heteroatoms. The normalized spacial score (nSPS) is 16.2. The van der Waals surface area contributed by atoms with Gasteiger partial charge in [0.15, 0.2) is 0 Å². The molecule has 0 bridgehead atoms. The van der Waals surface area contributed by atoms with Crippen molar-refractivity contribution in [1.82, 2.24) is 0 Å². The number of ether oxygens (including phenoxy) is 1. The summed E-state index contributed by atoms with van der Waals surface area (Å²) in [5.41, 5.74) is 7.94. The minimum atomic E-state index is -3.86. The predicted octanol–water partition coefficient (Wildman–Crippen LogP) is 4.63. The van der Waals surface area contributed by atoms with Crippen LogP contribution in [0.4, 0.5) is 0 Å². The number of hydrogen-bond acceptors (Lipinski definition) is 5. The lowest BCUT2D eigenvalue weighted by molar-refractivity contribution is 0.0521. The van der Waals surface area contributed by atoms with Gasteiger partial charge in [-0.3, -0.25) is 0 Å². The number of nitrogens with two attached hydrogens (primary N) is 1. The molecule has 1 aliphatic carbocycles. The molecule has 2 aromatic carbocycles. The van der Waals surface area contributed by atoms with Crippen LogP contribution in [0, 0.1) is 0 Å². The molecule has 3 rings (SSSR count). The highest BCUT2D eigenvalue weighted by Gasteiger charge is 2.27. The van der Waals surface area contributed by atoms with Crippen LogP contribution in [-0.4, -0.2) is 27.0 Å². The van der Waals surface area contributed by atoms with E-state index in [9.17, 15) is 13.2 Å². The summed E-state index contributed by atoms with van der Waals surface area (Å²) in [5.74, 6) is -0.233. The number of carbonyl (C=O) groups is 1. The highest BCUT2D eigenvalue weighted by atomic mass is 32.2. The van der Waals surface area contributed by atoms with Gasteiger partial charge in [0.05, 0.1) is 22.0 Å². The highest BCUT2D eigenvalue weighted by Crippen LogP contribution is 2.35. The minimum Gasteiger partial charge on any atom is -0.462 e. The molecule has 0 aromatic heterocycles. The van der Waals surface area contributed by atoms with Crippen molar-refractivity contribution in [2.75, 3.05) is 6.61 Å². The lowest BCUT2D eigenvalue weighted by atomic mass is 9.83. The molecule has 0 heterocycles. The van der Waals surface area contributed by atoms with Crippen LogP contribution < -0.4 is 5.73 Å². The van der Waals surface area contributed by atoms with Gasteiger partial charge in [0.1, 0.15) is 0 Å². The zero-order valence-electron chi connectivity index (χ0n) is 17.8. The first-order valence-corrected chi connectivity index (χ1v) is 12.2. The average molecular weight is 430 g/mol. The predicted molar refractivity (Wildman–Crippen MR) is 117 cm³/mol. The van der Waals surface area contributed by atoms with Crippen LogP contribution in [0.25, 0.3) is 0 Å². The first-order valence-electron chi connectivity index (χ1n) is 10.7. The first kappa shape index (κ1) is 22.5. The van der Waals surface area contributed by atoms with Crippen molar-refractivity contribution in [2.24, 2.45) is 5.73 Å². The van der Waals surface area contributed by atoms with Crippen LogP contribution in [0.3, 0.4) is 0 Å². The summed E-state index contributed by atoms with van der Waals surface area (Å²) < 4.78 is 31.9. The molecule has 1 fully saturated rings. The summed E-state index contributed by atoms with van der Waals surface area (Å²) >= 11 is 0. The van der Waals surface area contributed by atoms with Crippen molar-refractivity contribution in [3.05, 3.63) is 59.2 Å². The largest absolute Gasteiger partial charge is 0.462 e. The van der Waals surface area contributed by atoms with Gasteiger partial charge in [-0.05, 0) is 74.4 Å². The maximum Gasteiger partial charge on any atom is 0.339 e. The zero-order chi connectivity index (χ0) is 21.7. The number of carbonyl (C=O) groups excluding carboxylic acids is 1. The van der Waals surface area contributed by atoms with E-state index in [2.05, 4.69) is 0 Å². The topological polar surface area (TPSA) is 86.5 Å². The summed E-state index contributed by atoms with van der Waals surface area (Å²) in [6.45, 7) is 3.82. The Kier molecular flexibility index (Phi) is 7.32. The van der Waals surface area contributed by atoms with Gasteiger partial charge in [0, 0.05) is 6.04 Å². The van der Waals surface area contributed by atoms with Crippen molar-refractivity contribution >= 4 is 15.8 Å². The maximum absolute atomic E-state index is 13.4. The number of sulfone groups is 1. The van der Waals surface area contributed by atoms with Gasteiger partial charge < -0.3 is 10.5 Å². The highest BCUT2D eigenvalue weighted by molar-refractivity contribution is 7.91. The Hall–Kier alpha value is -2.18. The van der Waals surface area contributed by atoms with Crippen LogP contribution in [0.2, 0.25) is 0 Å². The number of hydrogen-bond donors (Lipinski definition) is 1. The van der Waals surface area contributed by atoms with Crippen LogP contribution >= 0.6 is 0 Å². The van der Waals surface area contributed by atoms with Gasteiger partial charge >= 0.3 is 5.97 Å². The molecule has 2 N–H and O–H groups in total. The van der Waals surface area contributed by atoms with Gasteiger partial charge in [0.25, 0.3) is 0 Å². The van der Waals surface area contributed by atoms with Gasteiger partial charge in [-0.1, -0.05) is 37.5 Å². The van der Waals surface area contributed by atoms with E-state index >= 15 is 0 Å². The number of benzene rings is 2. The quantitative estimate of drug-likeness (QED) is 0.648. The molecule has 5 nitrogen and oxygen atoms in total. The molecule has 0 unspecified atom stereocenters. The third-order valence-electron chi connectivity index (χ3n) is 5.66. The maximum atomic E-state index is 13.4. The smallest absolute Gasteiger partial charge is 0.339 e. The average Bonchev–Trinajstić information content (AvgIpc) is 2.74. The molecule has 1 atom stereocenters. The molecule has 162 valence electrons. The van der Waals surface area contributed by atoms with Gasteiger partial charge in [-0.2, -0.15) is 0 Å². The molecule has 1 saturated carbocycles. The molecule has 0 spiro atoms. The minimum absolute atomic E-state index is 0.000419. The second-order valence-electron chi connectivity index (χ2n) is 8.14. The first-order chi connectivity index (χ1) is 14.3. The molecule has 0 aliphatic heterocycles. The van der Waals surface area contributed by atoms with Crippen LogP contribution in [0.5, 0.6) is 0 Å². The Labute approximate surface area is 179 Å². The van der Waals surface area contributed by atoms with E-state index in [0.717, 1.165) is 36.8 Å². The van der Waals surface area contributed by atoms with E-state index in [4.69, 9.17) is 10.5 Å². The lowest BCUT2D eigenvalue weighted by Crippen LogP contribution is -2.17.